The molecule has 66 heavy (non-hydrogen) atoms. The molecule has 0 amide bonds. The summed E-state index contributed by atoms with van der Waals surface area (Å²) in [7, 11) is 0. The third-order valence-electron chi connectivity index (χ3n) is 11.5. The zero-order valence-electron chi connectivity index (χ0n) is 39.9. The average Bonchev–Trinajstić information content (AvgIpc) is 3.86. The lowest BCUT2D eigenvalue weighted by Gasteiger charge is -2.26. The summed E-state index contributed by atoms with van der Waals surface area (Å²) < 4.78 is 0. The smallest absolute Gasteiger partial charge is 0.0462 e. The molecular formula is C64H67NS. The Hall–Kier alpha value is -6.74. The molecule has 0 spiro atoms. The number of allylic oxidation sites excluding steroid dienone is 10. The maximum atomic E-state index is 2.38. The van der Waals surface area contributed by atoms with Crippen LogP contribution in [0.15, 0.2) is 230 Å². The first-order chi connectivity index (χ1) is 32.4. The van der Waals surface area contributed by atoms with Gasteiger partial charge in [-0.3, -0.25) is 0 Å². The van der Waals surface area contributed by atoms with E-state index >= 15 is 0 Å². The molecule has 0 radical (unpaired) electrons. The first-order valence-electron chi connectivity index (χ1n) is 23.8. The first-order valence-corrected chi connectivity index (χ1v) is 24.6. The summed E-state index contributed by atoms with van der Waals surface area (Å²) in [5.74, 6) is 0.585. The Morgan fingerprint density at radius 1 is 0.545 bits per heavy atom. The molecule has 0 N–H and O–H groups in total. The van der Waals surface area contributed by atoms with Gasteiger partial charge in [-0.25, -0.2) is 0 Å². The van der Waals surface area contributed by atoms with Gasteiger partial charge in [0.15, 0.2) is 0 Å². The van der Waals surface area contributed by atoms with E-state index in [2.05, 4.69) is 257 Å². The molecule has 0 fully saturated rings. The van der Waals surface area contributed by atoms with E-state index in [9.17, 15) is 0 Å². The minimum absolute atomic E-state index is 0.585. The van der Waals surface area contributed by atoms with Gasteiger partial charge in [0.25, 0.3) is 0 Å². The van der Waals surface area contributed by atoms with Crippen LogP contribution in [0, 0.1) is 20.8 Å². The predicted molar refractivity (Wildman–Crippen MR) is 293 cm³/mol. The van der Waals surface area contributed by atoms with Crippen LogP contribution in [0.4, 0.5) is 11.4 Å². The fourth-order valence-corrected chi connectivity index (χ4v) is 8.89. The number of para-hydroxylation sites is 1. The van der Waals surface area contributed by atoms with Gasteiger partial charge in [0.05, 0.1) is 0 Å². The van der Waals surface area contributed by atoms with Crippen molar-refractivity contribution in [2.75, 3.05) is 4.90 Å². The average molecular weight is 882 g/mol. The summed E-state index contributed by atoms with van der Waals surface area (Å²) in [5, 5.41) is 0. The Labute approximate surface area is 401 Å². The van der Waals surface area contributed by atoms with Gasteiger partial charge in [0.2, 0.25) is 0 Å². The van der Waals surface area contributed by atoms with Crippen LogP contribution in [-0.2, 0) is 0 Å². The molecule has 0 aliphatic heterocycles. The minimum Gasteiger partial charge on any atom is -0.311 e. The van der Waals surface area contributed by atoms with Crippen molar-refractivity contribution in [3.63, 3.8) is 0 Å². The summed E-state index contributed by atoms with van der Waals surface area (Å²) in [6, 6.07) is 60.5. The summed E-state index contributed by atoms with van der Waals surface area (Å²) >= 11 is 1.91. The Morgan fingerprint density at radius 2 is 1.08 bits per heavy atom. The van der Waals surface area contributed by atoms with Crippen molar-refractivity contribution < 1.29 is 0 Å². The number of rotatable bonds is 10. The Balaban J connectivity index is 0.000000207. The molecule has 1 aromatic heterocycles. The maximum Gasteiger partial charge on any atom is 0.0462 e. The van der Waals surface area contributed by atoms with Crippen LogP contribution in [0.25, 0.3) is 33.9 Å². The van der Waals surface area contributed by atoms with Gasteiger partial charge < -0.3 is 4.90 Å². The van der Waals surface area contributed by atoms with E-state index in [0.29, 0.717) is 5.92 Å². The highest BCUT2D eigenvalue weighted by atomic mass is 32.1. The van der Waals surface area contributed by atoms with Crippen LogP contribution < -0.4 is 4.90 Å². The topological polar surface area (TPSA) is 3.24 Å². The third-order valence-corrected chi connectivity index (χ3v) is 12.6. The lowest BCUT2D eigenvalue weighted by molar-refractivity contribution is 0.662. The van der Waals surface area contributed by atoms with Gasteiger partial charge in [-0.05, 0) is 148 Å². The monoisotopic (exact) mass is 881 g/mol. The van der Waals surface area contributed by atoms with Crippen LogP contribution >= 0.6 is 11.3 Å². The zero-order chi connectivity index (χ0) is 46.4. The summed E-state index contributed by atoms with van der Waals surface area (Å²) in [6.07, 6.45) is 28.5. The molecule has 0 bridgehead atoms. The highest BCUT2D eigenvalue weighted by Crippen LogP contribution is 2.35. The largest absolute Gasteiger partial charge is 0.311 e. The van der Waals surface area contributed by atoms with E-state index < -0.39 is 0 Å². The molecule has 334 valence electrons. The molecule has 2 aliphatic rings. The van der Waals surface area contributed by atoms with Crippen molar-refractivity contribution in [1.82, 2.24) is 0 Å². The number of aryl methyl sites for hydroxylation is 3. The Bertz CT molecular complexity index is 2670. The van der Waals surface area contributed by atoms with Crippen LogP contribution in [0.1, 0.15) is 90.8 Å². The molecule has 1 unspecified atom stereocenters. The summed E-state index contributed by atoms with van der Waals surface area (Å²) in [5.41, 5.74) is 15.0. The molecule has 0 saturated carbocycles. The van der Waals surface area contributed by atoms with Gasteiger partial charge in [-0.15, -0.1) is 11.3 Å². The van der Waals surface area contributed by atoms with E-state index in [-0.39, 0.29) is 0 Å². The fraction of sp³-hybridized carbons (Fsp3) is 0.188. The predicted octanol–water partition coefficient (Wildman–Crippen LogP) is 19.3. The van der Waals surface area contributed by atoms with Crippen LogP contribution in [0.2, 0.25) is 0 Å². The van der Waals surface area contributed by atoms with Crippen molar-refractivity contribution >= 4 is 34.4 Å². The second-order valence-electron chi connectivity index (χ2n) is 16.5. The summed E-state index contributed by atoms with van der Waals surface area (Å²) in [4.78, 5) is 5.08. The molecule has 1 atom stereocenters. The van der Waals surface area contributed by atoms with Gasteiger partial charge in [-0.1, -0.05) is 207 Å². The normalized spacial score (nSPS) is 14.3. The van der Waals surface area contributed by atoms with Gasteiger partial charge >= 0.3 is 0 Å². The molecule has 2 aliphatic carbocycles. The minimum atomic E-state index is 0.585. The number of anilines is 2. The molecule has 1 heterocycles. The molecular weight excluding hydrogens is 815 g/mol. The number of thiophene rings is 1. The van der Waals surface area contributed by atoms with Crippen molar-refractivity contribution in [2.24, 2.45) is 0 Å². The third kappa shape index (κ3) is 14.6. The Kier molecular flexibility index (Phi) is 19.4. The van der Waals surface area contributed by atoms with Crippen LogP contribution in [0.3, 0.4) is 0 Å². The lowest BCUT2D eigenvalue weighted by Crippen LogP contribution is -2.15. The van der Waals surface area contributed by atoms with Gasteiger partial charge in [0.1, 0.15) is 0 Å². The Morgan fingerprint density at radius 3 is 1.61 bits per heavy atom. The number of benzene rings is 6. The second-order valence-corrected chi connectivity index (χ2v) is 17.6. The highest BCUT2D eigenvalue weighted by molar-refractivity contribution is 7.13. The standard InChI is InChI=1S/C36H35NS.C13H14.C13H12.C2H6/c1-3-11-32(16-10-17-35-26-27-36(38-35)31-12-6-4-7-13-31)37(33-14-8-5-9-15-33)34-24-22-30(23-25-34)29-20-18-28(2)19-21-29;2*1-11-7-9-13(10-8-11)12-5-3-2-4-6-12;1-2/h3,5-6,8-12,14-27,31H,4,7,13H2,1-2H3;3,5-10H,2,4H2,1H3;2-10H,1H3;1-2H3/b11-3-,17-10+,32-16+;;;. The quantitative estimate of drug-likeness (QED) is 0.0977. The van der Waals surface area contributed by atoms with E-state index in [1.807, 2.05) is 31.3 Å². The molecule has 0 saturated heterocycles. The van der Waals surface area contributed by atoms with E-state index in [0.717, 1.165) is 17.1 Å². The van der Waals surface area contributed by atoms with E-state index in [1.54, 1.807) is 0 Å². The van der Waals surface area contributed by atoms with E-state index in [4.69, 9.17) is 0 Å². The van der Waals surface area contributed by atoms with Crippen molar-refractivity contribution in [3.05, 3.63) is 262 Å². The van der Waals surface area contributed by atoms with Crippen molar-refractivity contribution in [1.29, 1.82) is 0 Å². The van der Waals surface area contributed by atoms with Crippen LogP contribution in [-0.4, -0.2) is 0 Å². The lowest BCUT2D eigenvalue weighted by atomic mass is 9.95. The number of hydrogen-bond acceptors (Lipinski definition) is 2. The number of hydrogen-bond donors (Lipinski definition) is 0. The molecule has 1 nitrogen and oxygen atoms in total. The van der Waals surface area contributed by atoms with Crippen molar-refractivity contribution in [3.8, 4) is 22.3 Å². The zero-order valence-corrected chi connectivity index (χ0v) is 40.7. The number of nitrogens with zero attached hydrogens (tertiary/aromatic N) is 1. The highest BCUT2D eigenvalue weighted by Gasteiger charge is 2.14. The van der Waals surface area contributed by atoms with Crippen LogP contribution in [0.5, 0.6) is 0 Å². The van der Waals surface area contributed by atoms with Crippen molar-refractivity contribution in [2.45, 2.75) is 79.6 Å². The van der Waals surface area contributed by atoms with Gasteiger partial charge in [0, 0.05) is 32.7 Å². The maximum absolute atomic E-state index is 2.38. The first kappa shape index (κ1) is 48.7. The SMILES string of the molecule is CC.C\C=C/C(=C\C=C\c1ccc(C2C=CCCC2)s1)N(c1ccccc1)c1ccc(-c2ccc(C)cc2)cc1.Cc1ccc(-c2ccccc2)cc1.Cc1ccc(C2=CCCC=C2)cc1. The molecule has 2 heteroatoms. The molecule has 9 rings (SSSR count). The van der Waals surface area contributed by atoms with E-state index in [1.165, 1.54) is 91.9 Å². The molecule has 6 aromatic carbocycles. The molecule has 7 aromatic rings. The fourth-order valence-electron chi connectivity index (χ4n) is 7.85. The summed E-state index contributed by atoms with van der Waals surface area (Å²) in [6.45, 7) is 12.4. The van der Waals surface area contributed by atoms with Gasteiger partial charge in [-0.2, -0.15) is 0 Å². The second kappa shape index (κ2) is 26.3.